The van der Waals surface area contributed by atoms with E-state index < -0.39 is 0 Å². The van der Waals surface area contributed by atoms with Crippen LogP contribution in [0.1, 0.15) is 38.3 Å². The van der Waals surface area contributed by atoms with Crippen molar-refractivity contribution in [3.05, 3.63) is 29.1 Å². The van der Waals surface area contributed by atoms with Gasteiger partial charge in [-0.2, -0.15) is 0 Å². The molecule has 1 heterocycles. The lowest BCUT2D eigenvalue weighted by molar-refractivity contribution is -0.0172. The van der Waals surface area contributed by atoms with Crippen LogP contribution in [0.4, 0.5) is 4.39 Å². The maximum atomic E-state index is 13.8. The van der Waals surface area contributed by atoms with Gasteiger partial charge in [0.25, 0.3) is 0 Å². The molecule has 0 aromatic heterocycles. The summed E-state index contributed by atoms with van der Waals surface area (Å²) in [6, 6.07) is 2.99. The molecule has 2 rings (SSSR count). The summed E-state index contributed by atoms with van der Waals surface area (Å²) >= 11 is 0. The van der Waals surface area contributed by atoms with Gasteiger partial charge in [0.15, 0.2) is 12.8 Å². The average molecular weight is 509 g/mol. The number of nitrogens with zero attached hydrogens (tertiary/aromatic N) is 1. The molecule has 0 spiro atoms. The largest absolute Gasteiger partial charge is 0.467 e. The third-order valence-corrected chi connectivity index (χ3v) is 4.13. The fourth-order valence-corrected chi connectivity index (χ4v) is 2.74. The molecule has 8 heteroatoms. The van der Waals surface area contributed by atoms with Gasteiger partial charge in [-0.05, 0) is 43.4 Å². The van der Waals surface area contributed by atoms with Gasteiger partial charge in [0.2, 0.25) is 0 Å². The van der Waals surface area contributed by atoms with Gasteiger partial charge in [0, 0.05) is 25.3 Å². The van der Waals surface area contributed by atoms with Crippen LogP contribution >= 0.6 is 24.0 Å². The molecule has 1 aromatic carbocycles. The molecule has 6 nitrogen and oxygen atoms in total. The van der Waals surface area contributed by atoms with Crippen LogP contribution in [0.3, 0.4) is 0 Å². The second-order valence-corrected chi connectivity index (χ2v) is 6.90. The summed E-state index contributed by atoms with van der Waals surface area (Å²) in [5.74, 6) is 1.86. The van der Waals surface area contributed by atoms with Crippen LogP contribution in [-0.4, -0.2) is 45.6 Å². The summed E-state index contributed by atoms with van der Waals surface area (Å²) in [6.45, 7) is 10.4. The molecular weight excluding hydrogens is 476 g/mol. The topological polar surface area (TPSA) is 64.1 Å². The minimum absolute atomic E-state index is 0. The van der Waals surface area contributed by atoms with Crippen molar-refractivity contribution in [1.29, 1.82) is 0 Å². The van der Waals surface area contributed by atoms with Crippen molar-refractivity contribution >= 4 is 29.9 Å². The lowest BCUT2D eigenvalue weighted by Gasteiger charge is -2.21. The zero-order valence-corrected chi connectivity index (χ0v) is 19.4. The molecule has 0 radical (unpaired) electrons. The first-order valence-electron chi connectivity index (χ1n) is 9.72. The molecule has 0 bridgehead atoms. The van der Waals surface area contributed by atoms with Crippen molar-refractivity contribution in [2.24, 2.45) is 10.9 Å². The smallest absolute Gasteiger partial charge is 0.191 e. The number of hydrogen-bond acceptors (Lipinski definition) is 4. The Hall–Kier alpha value is -1.13. The van der Waals surface area contributed by atoms with Crippen LogP contribution in [-0.2, 0) is 22.5 Å². The van der Waals surface area contributed by atoms with Crippen molar-refractivity contribution < 1.29 is 18.6 Å². The Bertz CT molecular complexity index is 615. The molecule has 1 aromatic rings. The fraction of sp³-hybridized carbons (Fsp3) is 0.650. The Morgan fingerprint density at radius 1 is 1.29 bits per heavy atom. The summed E-state index contributed by atoms with van der Waals surface area (Å²) in [4.78, 5) is 4.51. The third-order valence-electron chi connectivity index (χ3n) is 4.13. The van der Waals surface area contributed by atoms with Gasteiger partial charge < -0.3 is 24.8 Å². The first kappa shape index (κ1) is 24.9. The van der Waals surface area contributed by atoms with E-state index in [4.69, 9.17) is 14.2 Å². The lowest BCUT2D eigenvalue weighted by Crippen LogP contribution is -2.38. The number of nitrogens with one attached hydrogen (secondary N) is 2. The molecule has 0 amide bonds. The van der Waals surface area contributed by atoms with Crippen LogP contribution in [0.5, 0.6) is 5.75 Å². The predicted octanol–water partition coefficient (Wildman–Crippen LogP) is 3.47. The van der Waals surface area contributed by atoms with E-state index in [2.05, 4.69) is 29.5 Å². The Labute approximate surface area is 184 Å². The molecule has 28 heavy (non-hydrogen) atoms. The van der Waals surface area contributed by atoms with Crippen LogP contribution in [0.2, 0.25) is 0 Å². The predicted molar refractivity (Wildman–Crippen MR) is 120 cm³/mol. The quantitative estimate of drug-likeness (QED) is 0.219. The van der Waals surface area contributed by atoms with Gasteiger partial charge in [0.05, 0.1) is 19.8 Å². The van der Waals surface area contributed by atoms with Gasteiger partial charge in [0.1, 0.15) is 11.6 Å². The Morgan fingerprint density at radius 3 is 2.86 bits per heavy atom. The number of guanidine groups is 1. The number of ether oxygens (including phenoxy) is 3. The molecule has 1 aliphatic rings. The zero-order chi connectivity index (χ0) is 19.5. The number of aliphatic imine (C=N–C) groups is 1. The minimum atomic E-state index is -0.267. The van der Waals surface area contributed by atoms with E-state index >= 15 is 0 Å². The number of rotatable bonds is 10. The fourth-order valence-electron chi connectivity index (χ4n) is 2.74. The monoisotopic (exact) mass is 509 g/mol. The Kier molecular flexibility index (Phi) is 12.4. The molecule has 1 aliphatic heterocycles. The maximum Gasteiger partial charge on any atom is 0.191 e. The Morgan fingerprint density at radius 2 is 2.11 bits per heavy atom. The highest BCUT2D eigenvalue weighted by molar-refractivity contribution is 14.0. The normalized spacial score (nSPS) is 13.5. The van der Waals surface area contributed by atoms with E-state index in [-0.39, 0.29) is 36.6 Å². The first-order chi connectivity index (χ1) is 13.1. The SMILES string of the molecule is CCNC(=NCCOCCC(C)C)NCCc1cc(F)cc2c1OCOC2.I. The van der Waals surface area contributed by atoms with Gasteiger partial charge in [-0.3, -0.25) is 4.99 Å². The van der Waals surface area contributed by atoms with Crippen LogP contribution < -0.4 is 15.4 Å². The molecule has 0 saturated carbocycles. The third kappa shape index (κ3) is 8.91. The second-order valence-electron chi connectivity index (χ2n) is 6.90. The highest BCUT2D eigenvalue weighted by atomic mass is 127. The molecular formula is C20H33FIN3O3. The maximum absolute atomic E-state index is 13.8. The summed E-state index contributed by atoms with van der Waals surface area (Å²) in [5.41, 5.74) is 1.60. The lowest BCUT2D eigenvalue weighted by atomic mass is 10.1. The summed E-state index contributed by atoms with van der Waals surface area (Å²) in [7, 11) is 0. The number of halogens is 2. The van der Waals surface area contributed by atoms with E-state index in [9.17, 15) is 4.39 Å². The van der Waals surface area contributed by atoms with Crippen LogP contribution in [0.15, 0.2) is 17.1 Å². The van der Waals surface area contributed by atoms with Crippen molar-refractivity contribution in [3.8, 4) is 5.75 Å². The molecule has 0 aliphatic carbocycles. The highest BCUT2D eigenvalue weighted by Gasteiger charge is 2.16. The van der Waals surface area contributed by atoms with Gasteiger partial charge >= 0.3 is 0 Å². The minimum Gasteiger partial charge on any atom is -0.467 e. The van der Waals surface area contributed by atoms with E-state index in [0.29, 0.717) is 38.6 Å². The van der Waals surface area contributed by atoms with E-state index in [1.807, 2.05) is 6.92 Å². The average Bonchev–Trinajstić information content (AvgIpc) is 2.64. The molecule has 0 atom stereocenters. The summed E-state index contributed by atoms with van der Waals surface area (Å²) in [6.07, 6.45) is 1.70. The summed E-state index contributed by atoms with van der Waals surface area (Å²) < 4.78 is 30.2. The van der Waals surface area contributed by atoms with Crippen LogP contribution in [0, 0.1) is 11.7 Å². The molecule has 0 fully saturated rings. The number of benzene rings is 1. The number of hydrogen-bond donors (Lipinski definition) is 2. The van der Waals surface area contributed by atoms with Gasteiger partial charge in [-0.25, -0.2) is 4.39 Å². The summed E-state index contributed by atoms with van der Waals surface area (Å²) in [5, 5.41) is 6.49. The molecule has 160 valence electrons. The highest BCUT2D eigenvalue weighted by Crippen LogP contribution is 2.29. The van der Waals surface area contributed by atoms with Gasteiger partial charge in [-0.1, -0.05) is 13.8 Å². The first-order valence-corrected chi connectivity index (χ1v) is 9.72. The van der Waals surface area contributed by atoms with Crippen molar-refractivity contribution in [2.45, 2.75) is 40.2 Å². The van der Waals surface area contributed by atoms with Crippen molar-refractivity contribution in [3.63, 3.8) is 0 Å². The van der Waals surface area contributed by atoms with E-state index in [1.165, 1.54) is 12.1 Å². The van der Waals surface area contributed by atoms with E-state index in [1.54, 1.807) is 0 Å². The van der Waals surface area contributed by atoms with Crippen LogP contribution in [0.25, 0.3) is 0 Å². The molecule has 0 unspecified atom stereocenters. The number of fused-ring (bicyclic) bond motifs is 1. The zero-order valence-electron chi connectivity index (χ0n) is 17.1. The standard InChI is InChI=1S/C20H32FN3O3.HI/c1-4-22-20(24-8-10-25-9-6-15(2)3)23-7-5-16-11-18(21)12-17-13-26-14-27-19(16)17;/h11-12,15H,4-10,13-14H2,1-3H3,(H2,22,23,24);1H. The van der Waals surface area contributed by atoms with Crippen molar-refractivity contribution in [2.75, 3.05) is 39.6 Å². The molecule has 2 N–H and O–H groups in total. The Balaban J connectivity index is 0.00000392. The van der Waals surface area contributed by atoms with Crippen molar-refractivity contribution in [1.82, 2.24) is 10.6 Å². The molecule has 0 saturated heterocycles. The van der Waals surface area contributed by atoms with E-state index in [0.717, 1.165) is 42.4 Å². The van der Waals surface area contributed by atoms with Gasteiger partial charge in [-0.15, -0.1) is 24.0 Å². The second kappa shape index (κ2) is 13.9.